The molecule has 0 aromatic heterocycles. The molecule has 0 N–H and O–H groups in total. The zero-order chi connectivity index (χ0) is 10.9. The quantitative estimate of drug-likeness (QED) is 0.519. The first-order valence-corrected chi connectivity index (χ1v) is 4.33. The number of amides is 1. The fourth-order valence-corrected chi connectivity index (χ4v) is 1.61. The maximum absolute atomic E-state index is 12.8. The highest BCUT2D eigenvalue weighted by Gasteiger charge is 2.48. The van der Waals surface area contributed by atoms with E-state index in [1.165, 1.54) is 14.2 Å². The third kappa shape index (κ3) is 2.31. The molecule has 0 saturated carbocycles. The molecule has 1 aliphatic rings. The Morgan fingerprint density at radius 2 is 2.29 bits per heavy atom. The second-order valence-electron chi connectivity index (χ2n) is 3.15. The van der Waals surface area contributed by atoms with Crippen molar-refractivity contribution >= 4 is 17.7 Å². The van der Waals surface area contributed by atoms with Gasteiger partial charge in [-0.1, -0.05) is 0 Å². The van der Waals surface area contributed by atoms with E-state index in [9.17, 15) is 13.6 Å². The SMILES string of the molecule is CON(C)C(=O)[C@@H]1CC(F)(F)CN1Cl. The Bertz CT molecular complexity index is 240. The van der Waals surface area contributed by atoms with E-state index in [0.717, 1.165) is 9.48 Å². The van der Waals surface area contributed by atoms with Gasteiger partial charge in [0.25, 0.3) is 11.8 Å². The second-order valence-corrected chi connectivity index (χ2v) is 3.59. The minimum Gasteiger partial charge on any atom is -0.275 e. The number of nitrogens with zero attached hydrogens (tertiary/aromatic N) is 2. The summed E-state index contributed by atoms with van der Waals surface area (Å²) in [6, 6.07) is -1.02. The van der Waals surface area contributed by atoms with Crippen LogP contribution in [0.4, 0.5) is 8.78 Å². The topological polar surface area (TPSA) is 32.8 Å². The predicted molar refractivity (Wildman–Crippen MR) is 45.7 cm³/mol. The number of hydrogen-bond acceptors (Lipinski definition) is 3. The van der Waals surface area contributed by atoms with Crippen LogP contribution in [0.1, 0.15) is 6.42 Å². The Balaban J connectivity index is 2.66. The first-order chi connectivity index (χ1) is 6.37. The van der Waals surface area contributed by atoms with Crippen LogP contribution >= 0.6 is 11.8 Å². The lowest BCUT2D eigenvalue weighted by Crippen LogP contribution is -2.40. The highest BCUT2D eigenvalue weighted by atomic mass is 35.5. The molecular weight excluding hydrogens is 218 g/mol. The van der Waals surface area contributed by atoms with Gasteiger partial charge in [0, 0.05) is 13.5 Å². The van der Waals surface area contributed by atoms with Gasteiger partial charge in [-0.05, 0) is 11.8 Å². The lowest BCUT2D eigenvalue weighted by atomic mass is 10.2. The van der Waals surface area contributed by atoms with E-state index in [4.69, 9.17) is 11.8 Å². The normalized spacial score (nSPS) is 26.5. The van der Waals surface area contributed by atoms with Gasteiger partial charge in [-0.15, -0.1) is 0 Å². The van der Waals surface area contributed by atoms with Crippen LogP contribution in [0.15, 0.2) is 0 Å². The molecule has 0 aromatic rings. The Morgan fingerprint density at radius 1 is 1.71 bits per heavy atom. The van der Waals surface area contributed by atoms with Crippen molar-refractivity contribution in [3.05, 3.63) is 0 Å². The molecule has 14 heavy (non-hydrogen) atoms. The van der Waals surface area contributed by atoms with E-state index in [1.54, 1.807) is 0 Å². The summed E-state index contributed by atoms with van der Waals surface area (Å²) in [6.07, 6.45) is -0.566. The average Bonchev–Trinajstić information content (AvgIpc) is 2.37. The van der Waals surface area contributed by atoms with Gasteiger partial charge < -0.3 is 0 Å². The second kappa shape index (κ2) is 3.96. The van der Waals surface area contributed by atoms with E-state index in [2.05, 4.69) is 4.84 Å². The maximum Gasteiger partial charge on any atom is 0.264 e. The van der Waals surface area contributed by atoms with Crippen molar-refractivity contribution in [3.63, 3.8) is 0 Å². The number of carbonyl (C=O) groups excluding carboxylic acids is 1. The number of alkyl halides is 2. The Morgan fingerprint density at radius 3 is 2.64 bits per heavy atom. The smallest absolute Gasteiger partial charge is 0.264 e. The summed E-state index contributed by atoms with van der Waals surface area (Å²) < 4.78 is 26.5. The van der Waals surface area contributed by atoms with Crippen molar-refractivity contribution < 1.29 is 18.4 Å². The van der Waals surface area contributed by atoms with Crippen molar-refractivity contribution in [1.82, 2.24) is 9.48 Å². The molecule has 0 bridgehead atoms. The summed E-state index contributed by atoms with van der Waals surface area (Å²) in [5, 5.41) is 0.890. The summed E-state index contributed by atoms with van der Waals surface area (Å²) in [6.45, 7) is -0.609. The van der Waals surface area contributed by atoms with Gasteiger partial charge in [0.15, 0.2) is 0 Å². The highest BCUT2D eigenvalue weighted by Crippen LogP contribution is 2.33. The maximum atomic E-state index is 12.8. The molecule has 1 saturated heterocycles. The van der Waals surface area contributed by atoms with Gasteiger partial charge in [-0.2, -0.15) is 0 Å². The molecule has 1 amide bonds. The van der Waals surface area contributed by atoms with Crippen LogP contribution in [-0.4, -0.2) is 48.1 Å². The summed E-state index contributed by atoms with van der Waals surface area (Å²) in [7, 11) is 2.63. The van der Waals surface area contributed by atoms with Crippen LogP contribution in [0.25, 0.3) is 0 Å². The molecule has 1 atom stereocenters. The third-order valence-corrected chi connectivity index (χ3v) is 2.44. The van der Waals surface area contributed by atoms with Crippen LogP contribution in [-0.2, 0) is 9.63 Å². The monoisotopic (exact) mass is 228 g/mol. The highest BCUT2D eigenvalue weighted by molar-refractivity contribution is 6.15. The minimum atomic E-state index is -2.91. The third-order valence-electron chi connectivity index (χ3n) is 2.08. The lowest BCUT2D eigenvalue weighted by Gasteiger charge is -2.20. The van der Waals surface area contributed by atoms with Crippen LogP contribution in [0.3, 0.4) is 0 Å². The van der Waals surface area contributed by atoms with Gasteiger partial charge in [-0.25, -0.2) is 18.3 Å². The van der Waals surface area contributed by atoms with E-state index in [0.29, 0.717) is 0 Å². The molecule has 0 radical (unpaired) electrons. The van der Waals surface area contributed by atoms with Crippen LogP contribution in [0.2, 0.25) is 0 Å². The summed E-state index contributed by atoms with van der Waals surface area (Å²) >= 11 is 5.51. The minimum absolute atomic E-state index is 0.566. The van der Waals surface area contributed by atoms with Crippen molar-refractivity contribution in [3.8, 4) is 0 Å². The summed E-state index contributed by atoms with van der Waals surface area (Å²) in [4.78, 5) is 16.0. The van der Waals surface area contributed by atoms with Gasteiger partial charge >= 0.3 is 0 Å². The standard InChI is InChI=1S/C7H11ClF2N2O2/c1-11(14-2)6(13)5-3-7(9,10)4-12(5)8/h5H,3-4H2,1-2H3/t5-/m0/s1. The van der Waals surface area contributed by atoms with Gasteiger partial charge in [0.2, 0.25) is 0 Å². The van der Waals surface area contributed by atoms with Crippen molar-refractivity contribution in [1.29, 1.82) is 0 Å². The Labute approximate surface area is 85.4 Å². The summed E-state index contributed by atoms with van der Waals surface area (Å²) in [5.41, 5.74) is 0. The van der Waals surface area contributed by atoms with E-state index < -0.39 is 30.8 Å². The number of carbonyl (C=O) groups is 1. The molecule has 4 nitrogen and oxygen atoms in total. The summed E-state index contributed by atoms with van der Waals surface area (Å²) in [5.74, 6) is -3.48. The van der Waals surface area contributed by atoms with Crippen LogP contribution in [0.5, 0.6) is 0 Å². The van der Waals surface area contributed by atoms with Crippen molar-refractivity contribution in [2.75, 3.05) is 20.7 Å². The zero-order valence-corrected chi connectivity index (χ0v) is 8.59. The fourth-order valence-electron chi connectivity index (χ4n) is 1.28. The fraction of sp³-hybridized carbons (Fsp3) is 0.857. The number of rotatable bonds is 2. The number of hydrogen-bond donors (Lipinski definition) is 0. The van der Waals surface area contributed by atoms with Crippen molar-refractivity contribution in [2.45, 2.75) is 18.4 Å². The molecule has 0 spiro atoms. The van der Waals surface area contributed by atoms with Crippen LogP contribution in [0, 0.1) is 0 Å². The molecule has 0 aromatic carbocycles. The van der Waals surface area contributed by atoms with Gasteiger partial charge in [0.05, 0.1) is 13.7 Å². The molecule has 0 unspecified atom stereocenters. The molecule has 7 heteroatoms. The molecule has 1 heterocycles. The predicted octanol–water partition coefficient (Wildman–Crippen LogP) is 0.870. The first-order valence-electron chi connectivity index (χ1n) is 3.99. The van der Waals surface area contributed by atoms with Gasteiger partial charge in [-0.3, -0.25) is 9.63 Å². The molecule has 1 fully saturated rings. The van der Waals surface area contributed by atoms with E-state index in [1.807, 2.05) is 0 Å². The molecule has 82 valence electrons. The zero-order valence-electron chi connectivity index (χ0n) is 7.84. The van der Waals surface area contributed by atoms with Crippen molar-refractivity contribution in [2.24, 2.45) is 0 Å². The molecule has 1 aliphatic heterocycles. The van der Waals surface area contributed by atoms with Crippen LogP contribution < -0.4 is 0 Å². The molecular formula is C7H11ClF2N2O2. The Hall–Kier alpha value is -0.460. The Kier molecular flexibility index (Phi) is 3.28. The van der Waals surface area contributed by atoms with E-state index in [-0.39, 0.29) is 0 Å². The largest absolute Gasteiger partial charge is 0.275 e. The van der Waals surface area contributed by atoms with Gasteiger partial charge in [0.1, 0.15) is 6.04 Å². The average molecular weight is 229 g/mol. The van der Waals surface area contributed by atoms with E-state index >= 15 is 0 Å². The molecule has 1 rings (SSSR count). The number of hydroxylamine groups is 2. The first kappa shape index (κ1) is 11.6. The number of likely N-dealkylation sites (N-methyl/N-ethyl adjacent to an activating group) is 1. The molecule has 0 aliphatic carbocycles. The lowest BCUT2D eigenvalue weighted by molar-refractivity contribution is -0.172. The number of halogens is 3.